The van der Waals surface area contributed by atoms with Gasteiger partial charge in [0.15, 0.2) is 0 Å². The molecule has 0 saturated carbocycles. The molecule has 4 heteroatoms. The largest absolute Gasteiger partial charge is 0.382 e. The number of hydrogen-bond donors (Lipinski definition) is 2. The molecule has 0 rings (SSSR count). The van der Waals surface area contributed by atoms with Crippen LogP contribution in [0.2, 0.25) is 0 Å². The second-order valence-electron chi connectivity index (χ2n) is 3.26. The van der Waals surface area contributed by atoms with E-state index in [-0.39, 0.29) is 6.23 Å². The lowest BCUT2D eigenvalue weighted by Gasteiger charge is -2.09. The van der Waals surface area contributed by atoms with Crippen molar-refractivity contribution in [1.82, 2.24) is 0 Å². The summed E-state index contributed by atoms with van der Waals surface area (Å²) < 4.78 is 10.5. The highest BCUT2D eigenvalue weighted by molar-refractivity contribution is 4.47. The molecule has 0 spiro atoms. The Kier molecular flexibility index (Phi) is 10.8. The average Bonchev–Trinajstić information content (AvgIpc) is 2.21. The third kappa shape index (κ3) is 9.92. The molecule has 14 heavy (non-hydrogen) atoms. The van der Waals surface area contributed by atoms with Crippen molar-refractivity contribution in [2.75, 3.05) is 26.4 Å². The van der Waals surface area contributed by atoms with Crippen molar-refractivity contribution in [3.8, 4) is 0 Å². The lowest BCUT2D eigenvalue weighted by atomic mass is 10.2. The summed E-state index contributed by atoms with van der Waals surface area (Å²) in [6.07, 6.45) is 4.26. The quantitative estimate of drug-likeness (QED) is 0.409. The maximum atomic E-state index is 5.49. The summed E-state index contributed by atoms with van der Waals surface area (Å²) in [5.74, 6) is 0. The van der Waals surface area contributed by atoms with Gasteiger partial charge in [-0.25, -0.2) is 0 Å². The van der Waals surface area contributed by atoms with Gasteiger partial charge < -0.3 is 20.9 Å². The summed E-state index contributed by atoms with van der Waals surface area (Å²) in [6, 6.07) is 0. The number of unbranched alkanes of at least 4 members (excludes halogenated alkanes) is 3. The molecule has 0 aliphatic heterocycles. The summed E-state index contributed by atoms with van der Waals surface area (Å²) in [7, 11) is 0. The minimum atomic E-state index is -0.293. The lowest BCUT2D eigenvalue weighted by molar-refractivity contribution is 0.0603. The number of hydrogen-bond acceptors (Lipinski definition) is 4. The predicted molar refractivity (Wildman–Crippen MR) is 57.9 cm³/mol. The van der Waals surface area contributed by atoms with Crippen molar-refractivity contribution < 1.29 is 9.47 Å². The zero-order valence-electron chi connectivity index (χ0n) is 9.21. The highest BCUT2D eigenvalue weighted by Gasteiger charge is 1.97. The molecular formula is C10H24N2O2. The van der Waals surface area contributed by atoms with Crippen LogP contribution in [-0.4, -0.2) is 32.6 Å². The van der Waals surface area contributed by atoms with E-state index in [4.69, 9.17) is 20.9 Å². The van der Waals surface area contributed by atoms with Gasteiger partial charge in [0.05, 0.1) is 0 Å². The average molecular weight is 204 g/mol. The molecular weight excluding hydrogens is 180 g/mol. The Morgan fingerprint density at radius 1 is 1.07 bits per heavy atom. The Morgan fingerprint density at radius 2 is 1.71 bits per heavy atom. The van der Waals surface area contributed by atoms with E-state index in [9.17, 15) is 0 Å². The molecule has 0 fully saturated rings. The van der Waals surface area contributed by atoms with Crippen molar-refractivity contribution in [2.45, 2.75) is 38.8 Å². The highest BCUT2D eigenvalue weighted by atomic mass is 16.5. The summed E-state index contributed by atoms with van der Waals surface area (Å²) >= 11 is 0. The first-order chi connectivity index (χ1) is 6.81. The number of rotatable bonds is 10. The molecule has 0 aromatic heterocycles. The minimum Gasteiger partial charge on any atom is -0.382 e. The van der Waals surface area contributed by atoms with E-state index in [1.807, 2.05) is 6.92 Å². The zero-order valence-corrected chi connectivity index (χ0v) is 9.21. The molecule has 0 aliphatic carbocycles. The van der Waals surface area contributed by atoms with Crippen LogP contribution in [0.25, 0.3) is 0 Å². The fourth-order valence-corrected chi connectivity index (χ4v) is 1.11. The first kappa shape index (κ1) is 13.8. The van der Waals surface area contributed by atoms with Crippen LogP contribution in [0.5, 0.6) is 0 Å². The topological polar surface area (TPSA) is 70.5 Å². The van der Waals surface area contributed by atoms with E-state index in [1.165, 1.54) is 12.8 Å². The van der Waals surface area contributed by atoms with E-state index in [1.54, 1.807) is 0 Å². The van der Waals surface area contributed by atoms with Crippen LogP contribution in [0.4, 0.5) is 0 Å². The number of ether oxygens (including phenoxy) is 2. The van der Waals surface area contributed by atoms with Crippen LogP contribution in [-0.2, 0) is 9.47 Å². The zero-order chi connectivity index (χ0) is 10.6. The molecule has 1 atom stereocenters. The Morgan fingerprint density at radius 3 is 2.29 bits per heavy atom. The molecule has 0 saturated heterocycles. The summed E-state index contributed by atoms with van der Waals surface area (Å²) in [5, 5.41) is 0. The maximum Gasteiger partial charge on any atom is 0.118 e. The standard InChI is InChI=1S/C10H24N2O2/c1-2-13-7-5-3-4-6-8-14-10(12)9-11/h10H,2-9,11-12H2,1H3. The van der Waals surface area contributed by atoms with Crippen molar-refractivity contribution >= 4 is 0 Å². The Balaban J connectivity index is 2.92. The molecule has 4 nitrogen and oxygen atoms in total. The molecule has 4 N–H and O–H groups in total. The van der Waals surface area contributed by atoms with Gasteiger partial charge in [-0.1, -0.05) is 12.8 Å². The van der Waals surface area contributed by atoms with Crippen LogP contribution in [0, 0.1) is 0 Å². The highest BCUT2D eigenvalue weighted by Crippen LogP contribution is 2.00. The summed E-state index contributed by atoms with van der Waals surface area (Å²) in [4.78, 5) is 0. The number of nitrogens with two attached hydrogens (primary N) is 2. The SMILES string of the molecule is CCOCCCCCCOC(N)CN. The monoisotopic (exact) mass is 204 g/mol. The molecule has 0 heterocycles. The lowest BCUT2D eigenvalue weighted by Crippen LogP contribution is -2.32. The first-order valence-corrected chi connectivity index (χ1v) is 5.46. The van der Waals surface area contributed by atoms with Gasteiger partial charge in [0, 0.05) is 26.4 Å². The van der Waals surface area contributed by atoms with Crippen molar-refractivity contribution in [1.29, 1.82) is 0 Å². The van der Waals surface area contributed by atoms with Gasteiger partial charge in [0.1, 0.15) is 6.23 Å². The normalized spacial score (nSPS) is 13.1. The van der Waals surface area contributed by atoms with Crippen molar-refractivity contribution in [2.24, 2.45) is 11.5 Å². The predicted octanol–water partition coefficient (Wildman–Crippen LogP) is 0.843. The van der Waals surface area contributed by atoms with Gasteiger partial charge in [0.2, 0.25) is 0 Å². The van der Waals surface area contributed by atoms with Gasteiger partial charge >= 0.3 is 0 Å². The molecule has 86 valence electrons. The van der Waals surface area contributed by atoms with Gasteiger partial charge in [0.25, 0.3) is 0 Å². The second-order valence-corrected chi connectivity index (χ2v) is 3.26. The molecule has 1 unspecified atom stereocenters. The van der Waals surface area contributed by atoms with Crippen LogP contribution >= 0.6 is 0 Å². The van der Waals surface area contributed by atoms with Crippen LogP contribution in [0.1, 0.15) is 32.6 Å². The van der Waals surface area contributed by atoms with Gasteiger partial charge in [-0.15, -0.1) is 0 Å². The molecule has 0 radical (unpaired) electrons. The van der Waals surface area contributed by atoms with Crippen molar-refractivity contribution in [3.05, 3.63) is 0 Å². The van der Waals surface area contributed by atoms with E-state index in [2.05, 4.69) is 0 Å². The maximum absolute atomic E-state index is 5.49. The summed E-state index contributed by atoms with van der Waals surface area (Å²) in [5.41, 5.74) is 10.8. The Bertz CT molecular complexity index is 112. The van der Waals surface area contributed by atoms with E-state index >= 15 is 0 Å². The van der Waals surface area contributed by atoms with Crippen LogP contribution < -0.4 is 11.5 Å². The molecule has 0 aliphatic rings. The van der Waals surface area contributed by atoms with Gasteiger partial charge in [-0.3, -0.25) is 0 Å². The van der Waals surface area contributed by atoms with Gasteiger partial charge in [-0.2, -0.15) is 0 Å². The molecule has 0 aromatic rings. The molecule has 0 amide bonds. The summed E-state index contributed by atoms with van der Waals surface area (Å²) in [6.45, 7) is 4.81. The fraction of sp³-hybridized carbons (Fsp3) is 1.00. The Labute approximate surface area is 86.9 Å². The third-order valence-electron chi connectivity index (χ3n) is 1.95. The third-order valence-corrected chi connectivity index (χ3v) is 1.95. The minimum absolute atomic E-state index is 0.293. The smallest absolute Gasteiger partial charge is 0.118 e. The van der Waals surface area contributed by atoms with E-state index in [0.29, 0.717) is 13.2 Å². The first-order valence-electron chi connectivity index (χ1n) is 5.46. The molecule has 0 bridgehead atoms. The second kappa shape index (κ2) is 10.9. The van der Waals surface area contributed by atoms with Crippen LogP contribution in [0.3, 0.4) is 0 Å². The van der Waals surface area contributed by atoms with E-state index in [0.717, 1.165) is 26.1 Å². The van der Waals surface area contributed by atoms with Crippen LogP contribution in [0.15, 0.2) is 0 Å². The van der Waals surface area contributed by atoms with E-state index < -0.39 is 0 Å². The molecule has 0 aromatic carbocycles. The Hall–Kier alpha value is -0.160. The fourth-order valence-electron chi connectivity index (χ4n) is 1.11. The van der Waals surface area contributed by atoms with Gasteiger partial charge in [-0.05, 0) is 19.8 Å². The van der Waals surface area contributed by atoms with Crippen molar-refractivity contribution in [3.63, 3.8) is 0 Å².